The quantitative estimate of drug-likeness (QED) is 0.679. The minimum atomic E-state index is -3.82. The minimum absolute atomic E-state index is 0.0402. The van der Waals surface area contributed by atoms with E-state index in [1.807, 2.05) is 0 Å². The van der Waals surface area contributed by atoms with Gasteiger partial charge in [0.15, 0.2) is 0 Å². The number of sulfonamides is 1. The molecule has 0 saturated heterocycles. The van der Waals surface area contributed by atoms with Gasteiger partial charge in [0.05, 0.1) is 23.3 Å². The van der Waals surface area contributed by atoms with Gasteiger partial charge in [-0.25, -0.2) is 12.8 Å². The van der Waals surface area contributed by atoms with E-state index in [0.717, 1.165) is 0 Å². The van der Waals surface area contributed by atoms with E-state index in [9.17, 15) is 17.6 Å². The Morgan fingerprint density at radius 3 is 2.48 bits per heavy atom. The lowest BCUT2D eigenvalue weighted by Crippen LogP contribution is -2.13. The number of hydrogen-bond donors (Lipinski definition) is 2. The van der Waals surface area contributed by atoms with Gasteiger partial charge in [-0.2, -0.15) is 5.10 Å². The van der Waals surface area contributed by atoms with Gasteiger partial charge in [-0.3, -0.25) is 14.2 Å². The summed E-state index contributed by atoms with van der Waals surface area (Å²) in [4.78, 5) is 11.1. The standard InChI is InChI=1S/C18H17FN4O3S/c1-13(24)21-15-6-8-17(9-7-15)27(25,26)22-16-10-20-23(12-16)11-14-4-2-3-5-18(14)19/h2-10,12,22H,11H2,1H3,(H,21,24). The number of carbonyl (C=O) groups is 1. The molecule has 9 heteroatoms. The van der Waals surface area contributed by atoms with Gasteiger partial charge in [-0.1, -0.05) is 18.2 Å². The molecule has 3 aromatic rings. The summed E-state index contributed by atoms with van der Waals surface area (Å²) in [6.45, 7) is 1.55. The summed E-state index contributed by atoms with van der Waals surface area (Å²) in [5, 5.41) is 6.62. The van der Waals surface area contributed by atoms with Crippen molar-refractivity contribution < 1.29 is 17.6 Å². The predicted octanol–water partition coefficient (Wildman–Crippen LogP) is 2.83. The minimum Gasteiger partial charge on any atom is -0.326 e. The number of halogens is 1. The number of nitrogens with one attached hydrogen (secondary N) is 2. The van der Waals surface area contributed by atoms with Crippen LogP contribution in [-0.2, 0) is 21.4 Å². The molecule has 0 atom stereocenters. The predicted molar refractivity (Wildman–Crippen MR) is 99.3 cm³/mol. The Hall–Kier alpha value is -3.20. The lowest BCUT2D eigenvalue weighted by atomic mass is 10.2. The summed E-state index contributed by atoms with van der Waals surface area (Å²) in [6.07, 6.45) is 2.83. The molecule has 0 aliphatic rings. The van der Waals surface area contributed by atoms with Gasteiger partial charge in [-0.15, -0.1) is 0 Å². The molecule has 7 nitrogen and oxygen atoms in total. The Bertz CT molecular complexity index is 1060. The van der Waals surface area contributed by atoms with Crippen molar-refractivity contribution in [2.45, 2.75) is 18.4 Å². The van der Waals surface area contributed by atoms with Crippen molar-refractivity contribution >= 4 is 27.3 Å². The molecule has 0 saturated carbocycles. The zero-order valence-corrected chi connectivity index (χ0v) is 15.2. The smallest absolute Gasteiger partial charge is 0.261 e. The van der Waals surface area contributed by atoms with E-state index in [1.54, 1.807) is 18.2 Å². The zero-order valence-electron chi connectivity index (χ0n) is 14.4. The lowest BCUT2D eigenvalue weighted by molar-refractivity contribution is -0.114. The van der Waals surface area contributed by atoms with Crippen LogP contribution in [0, 0.1) is 5.82 Å². The maximum atomic E-state index is 13.7. The molecule has 3 rings (SSSR count). The van der Waals surface area contributed by atoms with Crippen molar-refractivity contribution in [2.75, 3.05) is 10.0 Å². The molecule has 0 unspecified atom stereocenters. The van der Waals surface area contributed by atoms with Gasteiger partial charge in [-0.05, 0) is 30.3 Å². The van der Waals surface area contributed by atoms with E-state index in [1.165, 1.54) is 54.3 Å². The van der Waals surface area contributed by atoms with Crippen LogP contribution in [0.3, 0.4) is 0 Å². The zero-order chi connectivity index (χ0) is 19.4. The number of amides is 1. The first-order valence-corrected chi connectivity index (χ1v) is 9.48. The maximum Gasteiger partial charge on any atom is 0.261 e. The number of nitrogens with zero attached hydrogens (tertiary/aromatic N) is 2. The third-order valence-electron chi connectivity index (χ3n) is 3.66. The SMILES string of the molecule is CC(=O)Nc1ccc(S(=O)(=O)Nc2cnn(Cc3ccccc3F)c2)cc1. The fourth-order valence-electron chi connectivity index (χ4n) is 2.44. The Labute approximate surface area is 155 Å². The molecule has 0 spiro atoms. The second-order valence-electron chi connectivity index (χ2n) is 5.83. The molecule has 27 heavy (non-hydrogen) atoms. The molecule has 0 radical (unpaired) electrons. The van der Waals surface area contributed by atoms with Crippen molar-refractivity contribution in [3.05, 3.63) is 72.3 Å². The summed E-state index contributed by atoms with van der Waals surface area (Å²) in [5.74, 6) is -0.597. The van der Waals surface area contributed by atoms with Gasteiger partial charge < -0.3 is 5.32 Å². The molecule has 1 aromatic heterocycles. The van der Waals surface area contributed by atoms with E-state index < -0.39 is 10.0 Å². The molecule has 0 aliphatic carbocycles. The molecular weight excluding hydrogens is 371 g/mol. The van der Waals surface area contributed by atoms with Crippen LogP contribution in [0.15, 0.2) is 65.8 Å². The topological polar surface area (TPSA) is 93.1 Å². The van der Waals surface area contributed by atoms with Crippen LogP contribution in [0.25, 0.3) is 0 Å². The maximum absolute atomic E-state index is 13.7. The van der Waals surface area contributed by atoms with E-state index >= 15 is 0 Å². The average molecular weight is 388 g/mol. The molecular formula is C18H17FN4O3S. The summed E-state index contributed by atoms with van der Waals surface area (Å²) < 4.78 is 42.5. The van der Waals surface area contributed by atoms with Crippen LogP contribution in [0.1, 0.15) is 12.5 Å². The molecule has 2 aromatic carbocycles. The van der Waals surface area contributed by atoms with Gasteiger partial charge >= 0.3 is 0 Å². The number of rotatable bonds is 6. The van der Waals surface area contributed by atoms with Crippen LogP contribution in [0.2, 0.25) is 0 Å². The molecule has 1 amide bonds. The normalized spacial score (nSPS) is 11.2. The average Bonchev–Trinajstić information content (AvgIpc) is 3.03. The summed E-state index contributed by atoms with van der Waals surface area (Å²) in [7, 11) is -3.82. The van der Waals surface area contributed by atoms with Crippen LogP contribution < -0.4 is 10.0 Å². The number of benzene rings is 2. The fraction of sp³-hybridized carbons (Fsp3) is 0.111. The Kier molecular flexibility index (Phi) is 5.22. The van der Waals surface area contributed by atoms with Crippen LogP contribution in [0.5, 0.6) is 0 Å². The Balaban J connectivity index is 1.72. The summed E-state index contributed by atoms with van der Waals surface area (Å²) in [5.41, 5.74) is 1.21. The highest BCUT2D eigenvalue weighted by atomic mass is 32.2. The van der Waals surface area contributed by atoms with Crippen molar-refractivity contribution in [1.29, 1.82) is 0 Å². The van der Waals surface area contributed by atoms with E-state index in [-0.39, 0.29) is 28.9 Å². The second-order valence-corrected chi connectivity index (χ2v) is 7.51. The third-order valence-corrected chi connectivity index (χ3v) is 5.06. The number of carbonyl (C=O) groups excluding carboxylic acids is 1. The first kappa shape index (κ1) is 18.6. The number of hydrogen-bond acceptors (Lipinski definition) is 4. The van der Waals surface area contributed by atoms with E-state index in [4.69, 9.17) is 0 Å². The van der Waals surface area contributed by atoms with Crippen molar-refractivity contribution in [2.24, 2.45) is 0 Å². The number of aromatic nitrogens is 2. The third kappa shape index (κ3) is 4.70. The first-order chi connectivity index (χ1) is 12.8. The fourth-order valence-corrected chi connectivity index (χ4v) is 3.47. The van der Waals surface area contributed by atoms with E-state index in [0.29, 0.717) is 11.3 Å². The molecule has 0 bridgehead atoms. The van der Waals surface area contributed by atoms with Gasteiger partial charge in [0.1, 0.15) is 5.82 Å². The largest absolute Gasteiger partial charge is 0.326 e. The highest BCUT2D eigenvalue weighted by Gasteiger charge is 2.15. The second kappa shape index (κ2) is 7.58. The first-order valence-electron chi connectivity index (χ1n) is 8.00. The van der Waals surface area contributed by atoms with Crippen molar-refractivity contribution in [3.8, 4) is 0 Å². The highest BCUT2D eigenvalue weighted by molar-refractivity contribution is 7.92. The summed E-state index contributed by atoms with van der Waals surface area (Å²) in [6, 6.07) is 12.1. The van der Waals surface area contributed by atoms with Crippen molar-refractivity contribution in [3.63, 3.8) is 0 Å². The monoisotopic (exact) mass is 388 g/mol. The molecule has 1 heterocycles. The van der Waals surface area contributed by atoms with Crippen molar-refractivity contribution in [1.82, 2.24) is 9.78 Å². The van der Waals surface area contributed by atoms with E-state index in [2.05, 4.69) is 15.1 Å². The molecule has 2 N–H and O–H groups in total. The van der Waals surface area contributed by atoms with Crippen LogP contribution in [-0.4, -0.2) is 24.1 Å². The molecule has 0 fully saturated rings. The van der Waals surface area contributed by atoms with Crippen LogP contribution >= 0.6 is 0 Å². The van der Waals surface area contributed by atoms with Gasteiger partial charge in [0.25, 0.3) is 10.0 Å². The molecule has 0 aliphatic heterocycles. The van der Waals surface area contributed by atoms with Gasteiger partial charge in [0, 0.05) is 24.4 Å². The lowest BCUT2D eigenvalue weighted by Gasteiger charge is -2.07. The molecule has 140 valence electrons. The Morgan fingerprint density at radius 2 is 1.81 bits per heavy atom. The highest BCUT2D eigenvalue weighted by Crippen LogP contribution is 2.18. The number of anilines is 2. The van der Waals surface area contributed by atoms with Crippen LogP contribution in [0.4, 0.5) is 15.8 Å². The summed E-state index contributed by atoms with van der Waals surface area (Å²) >= 11 is 0. The van der Waals surface area contributed by atoms with Gasteiger partial charge in [0.2, 0.25) is 5.91 Å². The Morgan fingerprint density at radius 1 is 1.11 bits per heavy atom.